The Morgan fingerprint density at radius 3 is 2.78 bits per heavy atom. The smallest absolute Gasteiger partial charge is 0.304 e. The molecule has 3 rings (SSSR count). The predicted molar refractivity (Wildman–Crippen MR) is 65.9 cm³/mol. The van der Waals surface area contributed by atoms with E-state index in [1.54, 1.807) is 4.57 Å². The van der Waals surface area contributed by atoms with Crippen molar-refractivity contribution in [2.45, 2.75) is 6.54 Å². The van der Waals surface area contributed by atoms with Crippen molar-refractivity contribution in [1.29, 1.82) is 0 Å². The van der Waals surface area contributed by atoms with E-state index in [0.717, 1.165) is 5.56 Å². The molecule has 1 aromatic carbocycles. The molecule has 0 fully saturated rings. The number of hydrogen-bond acceptors (Lipinski definition) is 5. The highest BCUT2D eigenvalue weighted by Gasteiger charge is 2.12. The Balaban J connectivity index is 2.17. The van der Waals surface area contributed by atoms with Crippen molar-refractivity contribution in [3.63, 3.8) is 0 Å². The number of hydrogen-bond donors (Lipinski definition) is 2. The van der Waals surface area contributed by atoms with Gasteiger partial charge in [-0.1, -0.05) is 30.3 Å². The number of benzene rings is 1. The fourth-order valence-corrected chi connectivity index (χ4v) is 1.80. The van der Waals surface area contributed by atoms with Gasteiger partial charge in [-0.3, -0.25) is 9.36 Å². The molecule has 0 aliphatic rings. The van der Waals surface area contributed by atoms with Crippen LogP contribution in [0.1, 0.15) is 5.56 Å². The summed E-state index contributed by atoms with van der Waals surface area (Å²) in [5, 5.41) is 10.1. The molecule has 0 unspecified atom stereocenters. The van der Waals surface area contributed by atoms with Gasteiger partial charge in [-0.25, -0.2) is 0 Å². The lowest BCUT2D eigenvalue weighted by atomic mass is 10.2. The lowest BCUT2D eigenvalue weighted by Gasteiger charge is -2.09. The Labute approximate surface area is 101 Å². The maximum Gasteiger partial charge on any atom is 0.304 e. The molecule has 2 aromatic heterocycles. The van der Waals surface area contributed by atoms with E-state index in [1.165, 1.54) is 0 Å². The van der Waals surface area contributed by atoms with Crippen LogP contribution in [0.3, 0.4) is 0 Å². The van der Waals surface area contributed by atoms with Gasteiger partial charge in [0, 0.05) is 0 Å². The second kappa shape index (κ2) is 3.95. The number of aromatic nitrogens is 5. The number of aromatic amines is 1. The first-order chi connectivity index (χ1) is 8.75. The van der Waals surface area contributed by atoms with Gasteiger partial charge in [0.15, 0.2) is 11.2 Å². The SMILES string of the molecule is Nc1nc(=O)c2n[nH]nc2n1Cc1ccccc1. The van der Waals surface area contributed by atoms with E-state index in [2.05, 4.69) is 20.4 Å². The van der Waals surface area contributed by atoms with Crippen LogP contribution < -0.4 is 11.3 Å². The van der Waals surface area contributed by atoms with Gasteiger partial charge in [-0.15, -0.1) is 10.2 Å². The molecule has 3 N–H and O–H groups in total. The van der Waals surface area contributed by atoms with Gasteiger partial charge in [-0.2, -0.15) is 10.2 Å². The van der Waals surface area contributed by atoms with E-state index in [9.17, 15) is 4.79 Å². The van der Waals surface area contributed by atoms with Crippen LogP contribution in [-0.4, -0.2) is 25.0 Å². The number of nitrogens with zero attached hydrogens (tertiary/aromatic N) is 4. The van der Waals surface area contributed by atoms with Gasteiger partial charge < -0.3 is 5.73 Å². The topological polar surface area (TPSA) is 102 Å². The molecular weight excluding hydrogens is 232 g/mol. The first-order valence-electron chi connectivity index (χ1n) is 5.36. The molecule has 2 heterocycles. The van der Waals surface area contributed by atoms with E-state index >= 15 is 0 Å². The summed E-state index contributed by atoms with van der Waals surface area (Å²) in [6.07, 6.45) is 0. The Hall–Kier alpha value is -2.70. The zero-order chi connectivity index (χ0) is 12.5. The monoisotopic (exact) mass is 242 g/mol. The van der Waals surface area contributed by atoms with Gasteiger partial charge in [0.2, 0.25) is 5.95 Å². The quantitative estimate of drug-likeness (QED) is 0.665. The molecule has 18 heavy (non-hydrogen) atoms. The minimum atomic E-state index is -0.472. The average Bonchev–Trinajstić information content (AvgIpc) is 2.85. The van der Waals surface area contributed by atoms with E-state index in [0.29, 0.717) is 12.2 Å². The summed E-state index contributed by atoms with van der Waals surface area (Å²) in [4.78, 5) is 15.3. The van der Waals surface area contributed by atoms with Crippen LogP contribution in [0.15, 0.2) is 35.1 Å². The molecular formula is C11H10N6O. The Bertz CT molecular complexity index is 745. The molecule has 0 saturated carbocycles. The first-order valence-corrected chi connectivity index (χ1v) is 5.36. The van der Waals surface area contributed by atoms with Crippen molar-refractivity contribution in [1.82, 2.24) is 25.0 Å². The average molecular weight is 242 g/mol. The molecule has 0 bridgehead atoms. The van der Waals surface area contributed by atoms with Crippen molar-refractivity contribution in [3.8, 4) is 0 Å². The van der Waals surface area contributed by atoms with Gasteiger partial charge in [0.05, 0.1) is 6.54 Å². The maximum atomic E-state index is 11.5. The number of nitrogens with two attached hydrogens (primary N) is 1. The number of fused-ring (bicyclic) bond motifs is 1. The summed E-state index contributed by atoms with van der Waals surface area (Å²) in [6.45, 7) is 0.489. The van der Waals surface area contributed by atoms with Gasteiger partial charge in [0.1, 0.15) is 0 Å². The summed E-state index contributed by atoms with van der Waals surface area (Å²) >= 11 is 0. The molecule has 7 nitrogen and oxygen atoms in total. The van der Waals surface area contributed by atoms with Crippen molar-refractivity contribution in [2.75, 3.05) is 5.73 Å². The van der Waals surface area contributed by atoms with Crippen LogP contribution in [0.2, 0.25) is 0 Å². The molecule has 0 atom stereocenters. The minimum absolute atomic E-state index is 0.130. The van der Waals surface area contributed by atoms with Crippen LogP contribution in [0, 0.1) is 0 Å². The van der Waals surface area contributed by atoms with Gasteiger partial charge >= 0.3 is 5.56 Å². The molecule has 90 valence electrons. The molecule has 0 radical (unpaired) electrons. The largest absolute Gasteiger partial charge is 0.369 e. The molecule has 0 saturated heterocycles. The number of anilines is 1. The summed E-state index contributed by atoms with van der Waals surface area (Å²) in [5.41, 5.74) is 6.94. The van der Waals surface area contributed by atoms with Crippen molar-refractivity contribution < 1.29 is 0 Å². The molecule has 3 aromatic rings. The van der Waals surface area contributed by atoms with Gasteiger partial charge in [0.25, 0.3) is 0 Å². The standard InChI is InChI=1S/C11H10N6O/c12-11-13-10(18)8-9(15-16-14-8)17(11)6-7-4-2-1-3-5-7/h1-5H,6H2,(H2,12,13,18)(H,14,15,16). The molecule has 0 spiro atoms. The zero-order valence-electron chi connectivity index (χ0n) is 9.37. The number of H-pyrrole nitrogens is 1. The van der Waals surface area contributed by atoms with Crippen LogP contribution in [0.5, 0.6) is 0 Å². The van der Waals surface area contributed by atoms with Crippen molar-refractivity contribution in [3.05, 3.63) is 46.2 Å². The lowest BCUT2D eigenvalue weighted by Crippen LogP contribution is -2.18. The fraction of sp³-hybridized carbons (Fsp3) is 0.0909. The number of nitrogen functional groups attached to an aromatic ring is 1. The highest BCUT2D eigenvalue weighted by molar-refractivity contribution is 5.69. The first kappa shape index (κ1) is 10.5. The third-order valence-corrected chi connectivity index (χ3v) is 2.66. The van der Waals surface area contributed by atoms with Crippen LogP contribution in [0.25, 0.3) is 11.2 Å². The molecule has 0 aliphatic carbocycles. The van der Waals surface area contributed by atoms with E-state index in [-0.39, 0.29) is 11.5 Å². The number of nitrogens with one attached hydrogen (secondary N) is 1. The molecule has 0 aliphatic heterocycles. The summed E-state index contributed by atoms with van der Waals surface area (Å²) in [6, 6.07) is 9.72. The Kier molecular flexibility index (Phi) is 2.30. The third-order valence-electron chi connectivity index (χ3n) is 2.66. The Morgan fingerprint density at radius 2 is 2.00 bits per heavy atom. The van der Waals surface area contributed by atoms with Crippen LogP contribution >= 0.6 is 0 Å². The maximum absolute atomic E-state index is 11.5. The van der Waals surface area contributed by atoms with Gasteiger partial charge in [-0.05, 0) is 5.56 Å². The summed E-state index contributed by atoms with van der Waals surface area (Å²) < 4.78 is 1.65. The fourth-order valence-electron chi connectivity index (χ4n) is 1.80. The zero-order valence-corrected chi connectivity index (χ0v) is 9.37. The molecule has 7 heteroatoms. The highest BCUT2D eigenvalue weighted by Crippen LogP contribution is 2.10. The van der Waals surface area contributed by atoms with Crippen LogP contribution in [-0.2, 0) is 6.54 Å². The van der Waals surface area contributed by atoms with Crippen LogP contribution in [0.4, 0.5) is 5.95 Å². The van der Waals surface area contributed by atoms with E-state index in [1.807, 2.05) is 30.3 Å². The van der Waals surface area contributed by atoms with E-state index in [4.69, 9.17) is 5.73 Å². The molecule has 0 amide bonds. The predicted octanol–water partition coefficient (Wildman–Crippen LogP) is 0.145. The van der Waals surface area contributed by atoms with E-state index < -0.39 is 5.56 Å². The number of rotatable bonds is 2. The normalized spacial score (nSPS) is 10.9. The van der Waals surface area contributed by atoms with Crippen molar-refractivity contribution in [2.24, 2.45) is 0 Å². The lowest BCUT2D eigenvalue weighted by molar-refractivity contribution is 0.798. The summed E-state index contributed by atoms with van der Waals surface area (Å²) in [5.74, 6) is 0.130. The summed E-state index contributed by atoms with van der Waals surface area (Å²) in [7, 11) is 0. The third kappa shape index (κ3) is 1.61. The minimum Gasteiger partial charge on any atom is -0.369 e. The van der Waals surface area contributed by atoms with Crippen molar-refractivity contribution >= 4 is 17.1 Å². The highest BCUT2D eigenvalue weighted by atomic mass is 16.1. The second-order valence-electron chi connectivity index (χ2n) is 3.84. The Morgan fingerprint density at radius 1 is 1.22 bits per heavy atom. The second-order valence-corrected chi connectivity index (χ2v) is 3.84.